The molecule has 8 heteroatoms. The third-order valence-corrected chi connectivity index (χ3v) is 4.53. The normalized spacial score (nSPS) is 12.0. The second-order valence-electron chi connectivity index (χ2n) is 4.57. The van der Waals surface area contributed by atoms with Gasteiger partial charge in [0.05, 0.1) is 10.7 Å². The summed E-state index contributed by atoms with van der Waals surface area (Å²) in [6.07, 6.45) is 1.38. The van der Waals surface area contributed by atoms with Crippen molar-refractivity contribution in [1.82, 2.24) is 10.2 Å². The number of aromatic nitrogens is 2. The molecule has 0 aliphatic rings. The van der Waals surface area contributed by atoms with Gasteiger partial charge in [0.25, 0.3) is 0 Å². The van der Waals surface area contributed by atoms with Crippen LogP contribution in [-0.2, 0) is 11.2 Å². The quantitative estimate of drug-likeness (QED) is 0.810. The number of carbonyl (C=O) groups excluding carboxylic acids is 1. The molecule has 0 saturated carbocycles. The summed E-state index contributed by atoms with van der Waals surface area (Å²) in [5.74, 6) is -0.183. The van der Waals surface area contributed by atoms with Crippen molar-refractivity contribution >= 4 is 51.3 Å². The fourth-order valence-corrected chi connectivity index (χ4v) is 2.81. The van der Waals surface area contributed by atoms with Crippen molar-refractivity contribution < 1.29 is 4.79 Å². The summed E-state index contributed by atoms with van der Waals surface area (Å²) < 4.78 is 0. The first kappa shape index (κ1) is 17.0. The number of carbonyl (C=O) groups is 1. The first-order chi connectivity index (χ1) is 10.5. The molecule has 1 amide bonds. The summed E-state index contributed by atoms with van der Waals surface area (Å²) in [5.41, 5.74) is 0.627. The molecule has 0 fully saturated rings. The molecule has 0 unspecified atom stereocenters. The van der Waals surface area contributed by atoms with Crippen LogP contribution in [0.2, 0.25) is 10.0 Å². The van der Waals surface area contributed by atoms with E-state index in [2.05, 4.69) is 20.8 Å². The lowest BCUT2D eigenvalue weighted by atomic mass is 10.2. The lowest BCUT2D eigenvalue weighted by Gasteiger charge is -2.18. The number of halogens is 2. The highest BCUT2D eigenvalue weighted by Crippen LogP contribution is 2.26. The Kier molecular flexibility index (Phi) is 5.99. The molecule has 1 aromatic heterocycles. The van der Waals surface area contributed by atoms with E-state index in [1.165, 1.54) is 11.3 Å². The van der Waals surface area contributed by atoms with E-state index in [9.17, 15) is 4.79 Å². The highest BCUT2D eigenvalue weighted by Gasteiger charge is 2.19. The molecule has 1 aromatic carbocycles. The van der Waals surface area contributed by atoms with Gasteiger partial charge in [0, 0.05) is 5.02 Å². The SMILES string of the molecule is CCc1nnc(NC(=O)[C@H](CC)Nc2cc(Cl)ccc2Cl)s1. The molecule has 1 heterocycles. The third-order valence-electron chi connectivity index (χ3n) is 2.98. The molecule has 2 N–H and O–H groups in total. The minimum absolute atomic E-state index is 0.183. The first-order valence-corrected chi connectivity index (χ1v) is 8.45. The van der Waals surface area contributed by atoms with Gasteiger partial charge < -0.3 is 5.32 Å². The second-order valence-corrected chi connectivity index (χ2v) is 6.48. The zero-order valence-electron chi connectivity index (χ0n) is 12.2. The van der Waals surface area contributed by atoms with E-state index in [1.54, 1.807) is 18.2 Å². The summed E-state index contributed by atoms with van der Waals surface area (Å²) in [6.45, 7) is 3.90. The fourth-order valence-electron chi connectivity index (χ4n) is 1.79. The van der Waals surface area contributed by atoms with Crippen molar-refractivity contribution in [2.45, 2.75) is 32.7 Å². The Hall–Kier alpha value is -1.37. The minimum Gasteiger partial charge on any atom is -0.372 e. The molecular formula is C14H16Cl2N4OS. The Bertz CT molecular complexity index is 662. The van der Waals surface area contributed by atoms with E-state index < -0.39 is 6.04 Å². The molecule has 118 valence electrons. The van der Waals surface area contributed by atoms with E-state index in [4.69, 9.17) is 23.2 Å². The summed E-state index contributed by atoms with van der Waals surface area (Å²) in [5, 5.41) is 16.2. The van der Waals surface area contributed by atoms with Crippen LogP contribution in [-0.4, -0.2) is 22.1 Å². The van der Waals surface area contributed by atoms with Gasteiger partial charge in [-0.15, -0.1) is 10.2 Å². The molecular weight excluding hydrogens is 343 g/mol. The van der Waals surface area contributed by atoms with Crippen LogP contribution in [0.5, 0.6) is 0 Å². The van der Waals surface area contributed by atoms with Crippen LogP contribution >= 0.6 is 34.5 Å². The number of nitrogens with one attached hydrogen (secondary N) is 2. The van der Waals surface area contributed by atoms with Crippen molar-refractivity contribution in [1.29, 1.82) is 0 Å². The van der Waals surface area contributed by atoms with Crippen molar-refractivity contribution in [3.63, 3.8) is 0 Å². The summed E-state index contributed by atoms with van der Waals surface area (Å²) in [6, 6.07) is 4.64. The third kappa shape index (κ3) is 4.32. The number of rotatable bonds is 6. The van der Waals surface area contributed by atoms with Crippen LogP contribution in [0.25, 0.3) is 0 Å². The molecule has 5 nitrogen and oxygen atoms in total. The van der Waals surface area contributed by atoms with Gasteiger partial charge >= 0.3 is 0 Å². The highest BCUT2D eigenvalue weighted by molar-refractivity contribution is 7.15. The number of anilines is 2. The molecule has 0 spiro atoms. The van der Waals surface area contributed by atoms with E-state index in [1.807, 2.05) is 13.8 Å². The highest BCUT2D eigenvalue weighted by atomic mass is 35.5. The number of benzene rings is 1. The Morgan fingerprint density at radius 2 is 2.09 bits per heavy atom. The summed E-state index contributed by atoms with van der Waals surface area (Å²) >= 11 is 13.4. The predicted molar refractivity (Wildman–Crippen MR) is 92.1 cm³/mol. The largest absolute Gasteiger partial charge is 0.372 e. The minimum atomic E-state index is -0.440. The first-order valence-electron chi connectivity index (χ1n) is 6.88. The van der Waals surface area contributed by atoms with Crippen molar-refractivity contribution in [3.05, 3.63) is 33.3 Å². The van der Waals surface area contributed by atoms with Crippen LogP contribution in [0.4, 0.5) is 10.8 Å². The number of nitrogens with zero attached hydrogens (tertiary/aromatic N) is 2. The maximum absolute atomic E-state index is 12.3. The molecule has 0 radical (unpaired) electrons. The lowest BCUT2D eigenvalue weighted by Crippen LogP contribution is -2.34. The van der Waals surface area contributed by atoms with Crippen molar-refractivity contribution in [2.75, 3.05) is 10.6 Å². The zero-order chi connectivity index (χ0) is 16.1. The maximum atomic E-state index is 12.3. The molecule has 0 aliphatic heterocycles. The average molecular weight is 359 g/mol. The smallest absolute Gasteiger partial charge is 0.248 e. The molecule has 0 aliphatic carbocycles. The fraction of sp³-hybridized carbons (Fsp3) is 0.357. The molecule has 0 bridgehead atoms. The van der Waals surface area contributed by atoms with Gasteiger partial charge in [-0.05, 0) is 31.0 Å². The van der Waals surface area contributed by atoms with Crippen molar-refractivity contribution in [2.24, 2.45) is 0 Å². The van der Waals surface area contributed by atoms with Gasteiger partial charge in [-0.25, -0.2) is 0 Å². The van der Waals surface area contributed by atoms with Gasteiger partial charge in [-0.1, -0.05) is 48.4 Å². The molecule has 22 heavy (non-hydrogen) atoms. The average Bonchev–Trinajstić information content (AvgIpc) is 2.95. The predicted octanol–water partition coefficient (Wildman–Crippen LogP) is 4.24. The van der Waals surface area contributed by atoms with Gasteiger partial charge in [0.15, 0.2) is 0 Å². The van der Waals surface area contributed by atoms with Gasteiger partial charge in [-0.2, -0.15) is 0 Å². The number of hydrogen-bond donors (Lipinski definition) is 2. The van der Waals surface area contributed by atoms with E-state index in [0.717, 1.165) is 11.4 Å². The number of aryl methyl sites for hydroxylation is 1. The van der Waals surface area contributed by atoms with Crippen LogP contribution in [0.3, 0.4) is 0 Å². The number of amides is 1. The van der Waals surface area contributed by atoms with Gasteiger partial charge in [-0.3, -0.25) is 10.1 Å². The van der Waals surface area contributed by atoms with E-state index in [-0.39, 0.29) is 5.91 Å². The monoisotopic (exact) mass is 358 g/mol. The molecule has 2 aromatic rings. The van der Waals surface area contributed by atoms with Gasteiger partial charge in [0.1, 0.15) is 11.0 Å². The Labute approximate surface area is 143 Å². The molecule has 0 saturated heterocycles. The van der Waals surface area contributed by atoms with Crippen LogP contribution in [0, 0.1) is 0 Å². The summed E-state index contributed by atoms with van der Waals surface area (Å²) in [4.78, 5) is 12.3. The molecule has 1 atom stereocenters. The van der Waals surface area contributed by atoms with E-state index >= 15 is 0 Å². The topological polar surface area (TPSA) is 66.9 Å². The Morgan fingerprint density at radius 1 is 1.32 bits per heavy atom. The van der Waals surface area contributed by atoms with E-state index in [0.29, 0.717) is 27.3 Å². The zero-order valence-corrected chi connectivity index (χ0v) is 14.5. The van der Waals surface area contributed by atoms with Crippen LogP contribution in [0.1, 0.15) is 25.3 Å². The Morgan fingerprint density at radius 3 is 2.73 bits per heavy atom. The number of hydrogen-bond acceptors (Lipinski definition) is 5. The van der Waals surface area contributed by atoms with Crippen molar-refractivity contribution in [3.8, 4) is 0 Å². The lowest BCUT2D eigenvalue weighted by molar-refractivity contribution is -0.117. The summed E-state index contributed by atoms with van der Waals surface area (Å²) in [7, 11) is 0. The van der Waals surface area contributed by atoms with Crippen LogP contribution in [0.15, 0.2) is 18.2 Å². The standard InChI is InChI=1S/C14H16Cl2N4OS/c1-3-10(17-11-7-8(15)5-6-9(11)16)13(21)18-14-20-19-12(4-2)22-14/h5-7,10,17H,3-4H2,1-2H3,(H,18,20,21)/t10-/m0/s1. The van der Waals surface area contributed by atoms with Gasteiger partial charge in [0.2, 0.25) is 11.0 Å². The molecule has 2 rings (SSSR count). The Balaban J connectivity index is 2.07. The van der Waals surface area contributed by atoms with Crippen LogP contribution < -0.4 is 10.6 Å². The maximum Gasteiger partial charge on any atom is 0.248 e. The second kappa shape index (κ2) is 7.76.